The number of aliphatic hydroxyl groups is 1. The van der Waals surface area contributed by atoms with Crippen LogP contribution in [0.15, 0.2) is 39.4 Å². The minimum Gasteiger partial charge on any atom is -0.437 e. The zero-order valence-corrected chi connectivity index (χ0v) is 14.0. The van der Waals surface area contributed by atoms with E-state index in [0.717, 1.165) is 0 Å². The van der Waals surface area contributed by atoms with Crippen LogP contribution in [0.2, 0.25) is 0 Å². The van der Waals surface area contributed by atoms with E-state index in [-0.39, 0.29) is 5.69 Å². The predicted octanol–water partition coefficient (Wildman–Crippen LogP) is 4.36. The summed E-state index contributed by atoms with van der Waals surface area (Å²) in [5.74, 6) is 0.701. The molecule has 0 aliphatic heterocycles. The van der Waals surface area contributed by atoms with Gasteiger partial charge >= 0.3 is 0 Å². The second-order valence-corrected chi connectivity index (χ2v) is 5.91. The maximum atomic E-state index is 10.8. The Morgan fingerprint density at radius 2 is 1.95 bits per heavy atom. The molecule has 6 nitrogen and oxygen atoms in total. The zero-order chi connectivity index (χ0) is 15.6. The molecule has 1 atom stereocenters. The van der Waals surface area contributed by atoms with E-state index in [9.17, 15) is 15.2 Å². The number of nitrogens with zero attached hydrogens (tertiary/aromatic N) is 2. The molecule has 0 saturated heterocycles. The van der Waals surface area contributed by atoms with Gasteiger partial charge in [-0.05, 0) is 50.4 Å². The van der Waals surface area contributed by atoms with Crippen LogP contribution in [0.25, 0.3) is 0 Å². The van der Waals surface area contributed by atoms with E-state index >= 15 is 0 Å². The van der Waals surface area contributed by atoms with Crippen LogP contribution in [0.5, 0.6) is 11.6 Å². The van der Waals surface area contributed by atoms with Crippen molar-refractivity contribution < 1.29 is 14.8 Å². The van der Waals surface area contributed by atoms with E-state index in [2.05, 4.69) is 36.8 Å². The number of aliphatic hydroxyl groups excluding tert-OH is 1. The van der Waals surface area contributed by atoms with Crippen LogP contribution in [0.3, 0.4) is 0 Å². The molecule has 0 amide bonds. The monoisotopic (exact) mass is 416 g/mol. The van der Waals surface area contributed by atoms with Crippen molar-refractivity contribution in [3.63, 3.8) is 0 Å². The third kappa shape index (κ3) is 3.78. The average Bonchev–Trinajstić information content (AvgIpc) is 2.43. The van der Waals surface area contributed by atoms with Gasteiger partial charge in [-0.25, -0.2) is 4.98 Å². The van der Waals surface area contributed by atoms with Gasteiger partial charge in [0.15, 0.2) is 5.75 Å². The molecule has 1 aromatic heterocycles. The molecule has 1 aromatic carbocycles. The Bertz CT molecular complexity index is 651. The lowest BCUT2D eigenvalue weighted by atomic mass is 10.2. The van der Waals surface area contributed by atoms with Crippen LogP contribution in [-0.4, -0.2) is 15.0 Å². The van der Waals surface area contributed by atoms with Crippen molar-refractivity contribution in [2.45, 2.75) is 13.0 Å². The maximum absolute atomic E-state index is 10.8. The number of aromatic nitrogens is 1. The van der Waals surface area contributed by atoms with Gasteiger partial charge < -0.3 is 9.84 Å². The summed E-state index contributed by atoms with van der Waals surface area (Å²) < 4.78 is 6.47. The number of ether oxygens (including phenoxy) is 1. The SMILES string of the molecule is CC(O)c1ccc(Oc2c(Br)cc([N+](=O)[O-])cc2Br)nc1. The van der Waals surface area contributed by atoms with E-state index in [1.54, 1.807) is 19.1 Å². The summed E-state index contributed by atoms with van der Waals surface area (Å²) in [6, 6.07) is 6.01. The van der Waals surface area contributed by atoms with E-state index in [1.165, 1.54) is 18.3 Å². The summed E-state index contributed by atoms with van der Waals surface area (Å²) in [6.45, 7) is 1.64. The van der Waals surface area contributed by atoms with Crippen molar-refractivity contribution in [2.75, 3.05) is 0 Å². The third-order valence-electron chi connectivity index (χ3n) is 2.64. The average molecular weight is 418 g/mol. The second kappa shape index (κ2) is 6.50. The summed E-state index contributed by atoms with van der Waals surface area (Å²) in [5.41, 5.74) is 0.614. The number of benzene rings is 1. The molecule has 0 spiro atoms. The lowest BCUT2D eigenvalue weighted by Gasteiger charge is -2.10. The van der Waals surface area contributed by atoms with Gasteiger partial charge in [-0.15, -0.1) is 0 Å². The van der Waals surface area contributed by atoms with Crippen LogP contribution >= 0.6 is 31.9 Å². The van der Waals surface area contributed by atoms with Crippen LogP contribution in [0.1, 0.15) is 18.6 Å². The Labute approximate surface area is 137 Å². The molecule has 0 bridgehead atoms. The number of pyridine rings is 1. The first-order chi connectivity index (χ1) is 9.88. The Kier molecular flexibility index (Phi) is 4.92. The Morgan fingerprint density at radius 3 is 2.38 bits per heavy atom. The lowest BCUT2D eigenvalue weighted by Crippen LogP contribution is -1.95. The summed E-state index contributed by atoms with van der Waals surface area (Å²) in [4.78, 5) is 14.3. The van der Waals surface area contributed by atoms with Gasteiger partial charge in [-0.1, -0.05) is 0 Å². The minimum absolute atomic E-state index is 0.0569. The molecule has 0 saturated carbocycles. The van der Waals surface area contributed by atoms with Crippen LogP contribution < -0.4 is 4.74 Å². The van der Waals surface area contributed by atoms with Crippen molar-refractivity contribution in [2.24, 2.45) is 0 Å². The van der Waals surface area contributed by atoms with E-state index in [4.69, 9.17) is 4.74 Å². The van der Waals surface area contributed by atoms with Gasteiger partial charge in [0.05, 0.1) is 20.0 Å². The summed E-state index contributed by atoms with van der Waals surface area (Å²) in [5, 5.41) is 20.2. The van der Waals surface area contributed by atoms with Gasteiger partial charge in [0.25, 0.3) is 5.69 Å². The first kappa shape index (κ1) is 15.9. The first-order valence-corrected chi connectivity index (χ1v) is 7.42. The Morgan fingerprint density at radius 1 is 1.33 bits per heavy atom. The standard InChI is InChI=1S/C13H10Br2N2O4/c1-7(18)8-2-3-12(16-6-8)21-13-10(14)4-9(17(19)20)5-11(13)15/h2-7,18H,1H3. The van der Waals surface area contributed by atoms with Gasteiger partial charge in [0, 0.05) is 24.4 Å². The number of hydrogen-bond donors (Lipinski definition) is 1. The molecule has 8 heteroatoms. The molecular formula is C13H10Br2N2O4. The minimum atomic E-state index is -0.607. The number of nitro groups is 1. The molecule has 0 fully saturated rings. The number of nitro benzene ring substituents is 1. The highest BCUT2D eigenvalue weighted by Gasteiger charge is 2.16. The molecule has 0 radical (unpaired) electrons. The third-order valence-corrected chi connectivity index (χ3v) is 3.82. The van der Waals surface area contributed by atoms with Crippen molar-refractivity contribution in [3.05, 3.63) is 55.1 Å². The van der Waals surface area contributed by atoms with Gasteiger partial charge in [-0.3, -0.25) is 10.1 Å². The Balaban J connectivity index is 2.29. The lowest BCUT2D eigenvalue weighted by molar-refractivity contribution is -0.385. The van der Waals surface area contributed by atoms with Crippen molar-refractivity contribution in [3.8, 4) is 11.6 Å². The van der Waals surface area contributed by atoms with Crippen molar-refractivity contribution in [1.82, 2.24) is 4.98 Å². The molecule has 2 aromatic rings. The first-order valence-electron chi connectivity index (χ1n) is 5.84. The van der Waals surface area contributed by atoms with E-state index in [0.29, 0.717) is 26.1 Å². The quantitative estimate of drug-likeness (QED) is 0.589. The highest BCUT2D eigenvalue weighted by molar-refractivity contribution is 9.11. The molecule has 2 rings (SSSR count). The fourth-order valence-electron chi connectivity index (χ4n) is 1.55. The highest BCUT2D eigenvalue weighted by atomic mass is 79.9. The van der Waals surface area contributed by atoms with Crippen molar-refractivity contribution >= 4 is 37.5 Å². The maximum Gasteiger partial charge on any atom is 0.271 e. The number of rotatable bonds is 4. The van der Waals surface area contributed by atoms with Crippen LogP contribution in [0, 0.1) is 10.1 Å². The molecule has 1 unspecified atom stereocenters. The van der Waals surface area contributed by atoms with Crippen LogP contribution in [-0.2, 0) is 0 Å². The molecule has 0 aliphatic carbocycles. The van der Waals surface area contributed by atoms with Crippen molar-refractivity contribution in [1.29, 1.82) is 0 Å². The molecular weight excluding hydrogens is 408 g/mol. The predicted molar refractivity (Wildman–Crippen MR) is 83.4 cm³/mol. The number of non-ortho nitro benzene ring substituents is 1. The summed E-state index contributed by atoms with van der Waals surface area (Å²) in [6.07, 6.45) is 0.900. The second-order valence-electron chi connectivity index (χ2n) is 4.20. The molecule has 1 heterocycles. The fourth-order valence-corrected chi connectivity index (χ4v) is 2.88. The van der Waals surface area contributed by atoms with E-state index in [1.807, 2.05) is 0 Å². The normalized spacial score (nSPS) is 12.0. The molecule has 110 valence electrons. The smallest absolute Gasteiger partial charge is 0.271 e. The summed E-state index contributed by atoms with van der Waals surface area (Å²) >= 11 is 6.47. The number of halogens is 2. The topological polar surface area (TPSA) is 85.5 Å². The Hall–Kier alpha value is -1.51. The largest absolute Gasteiger partial charge is 0.437 e. The fraction of sp³-hybridized carbons (Fsp3) is 0.154. The van der Waals surface area contributed by atoms with Gasteiger partial charge in [0.1, 0.15) is 0 Å². The number of hydrogen-bond acceptors (Lipinski definition) is 5. The molecule has 0 aliphatic rings. The van der Waals surface area contributed by atoms with E-state index < -0.39 is 11.0 Å². The summed E-state index contributed by atoms with van der Waals surface area (Å²) in [7, 11) is 0. The van der Waals surface area contributed by atoms with Crippen LogP contribution in [0.4, 0.5) is 5.69 Å². The highest BCUT2D eigenvalue weighted by Crippen LogP contribution is 2.39. The molecule has 1 N–H and O–H groups in total. The zero-order valence-electron chi connectivity index (χ0n) is 10.8. The van der Waals surface area contributed by atoms with Gasteiger partial charge in [0.2, 0.25) is 5.88 Å². The molecule has 21 heavy (non-hydrogen) atoms. The van der Waals surface area contributed by atoms with Gasteiger partial charge in [-0.2, -0.15) is 0 Å².